The zero-order valence-corrected chi connectivity index (χ0v) is 18.0. The van der Waals surface area contributed by atoms with E-state index in [1.165, 1.54) is 18.4 Å². The Labute approximate surface area is 174 Å². The van der Waals surface area contributed by atoms with Crippen LogP contribution in [0.5, 0.6) is 0 Å². The summed E-state index contributed by atoms with van der Waals surface area (Å²) < 4.78 is 4.92. The zero-order chi connectivity index (χ0) is 21.3. The predicted molar refractivity (Wildman–Crippen MR) is 109 cm³/mol. The molecule has 158 valence electrons. The van der Waals surface area contributed by atoms with E-state index in [-0.39, 0.29) is 0 Å². The van der Waals surface area contributed by atoms with E-state index >= 15 is 0 Å². The van der Waals surface area contributed by atoms with Gasteiger partial charge in [0.15, 0.2) is 0 Å². The summed E-state index contributed by atoms with van der Waals surface area (Å²) in [5.74, 6) is -0.890. The number of nitrogens with one attached hydrogen (secondary N) is 2. The van der Waals surface area contributed by atoms with Crippen molar-refractivity contribution in [3.8, 4) is 0 Å². The number of fused-ring (bicyclic) bond motifs is 1. The molecule has 2 heterocycles. The summed E-state index contributed by atoms with van der Waals surface area (Å²) in [5.41, 5.74) is 0.370. The van der Waals surface area contributed by atoms with Gasteiger partial charge in [0.1, 0.15) is 17.1 Å². The van der Waals surface area contributed by atoms with Crippen molar-refractivity contribution < 1.29 is 23.9 Å². The van der Waals surface area contributed by atoms with Gasteiger partial charge >= 0.3 is 12.0 Å². The van der Waals surface area contributed by atoms with Gasteiger partial charge in [0.2, 0.25) is 5.91 Å². The van der Waals surface area contributed by atoms with Gasteiger partial charge in [-0.25, -0.2) is 9.59 Å². The molecule has 29 heavy (non-hydrogen) atoms. The van der Waals surface area contributed by atoms with Gasteiger partial charge in [0.25, 0.3) is 5.91 Å². The number of rotatable bonds is 6. The molecule has 0 saturated carbocycles. The highest BCUT2D eigenvalue weighted by atomic mass is 32.1. The third-order valence-electron chi connectivity index (χ3n) is 5.91. The fourth-order valence-electron chi connectivity index (χ4n) is 4.02. The van der Waals surface area contributed by atoms with Gasteiger partial charge in [0.05, 0.1) is 12.7 Å². The Bertz CT molecular complexity index is 859. The lowest BCUT2D eigenvalue weighted by Crippen LogP contribution is -2.46. The van der Waals surface area contributed by atoms with Crippen LogP contribution in [-0.4, -0.2) is 47.9 Å². The molecule has 1 aromatic rings. The van der Waals surface area contributed by atoms with Crippen molar-refractivity contribution in [2.24, 2.45) is 5.92 Å². The first-order chi connectivity index (χ1) is 13.8. The highest BCUT2D eigenvalue weighted by molar-refractivity contribution is 7.17. The minimum Gasteiger partial charge on any atom is -0.465 e. The number of esters is 1. The zero-order valence-electron chi connectivity index (χ0n) is 17.2. The molecule has 0 bridgehead atoms. The van der Waals surface area contributed by atoms with Gasteiger partial charge in [-0.15, -0.1) is 11.3 Å². The van der Waals surface area contributed by atoms with E-state index in [2.05, 4.69) is 17.6 Å². The number of thiophene rings is 1. The van der Waals surface area contributed by atoms with E-state index in [0.717, 1.165) is 34.6 Å². The normalized spacial score (nSPS) is 20.3. The molecule has 1 aliphatic heterocycles. The summed E-state index contributed by atoms with van der Waals surface area (Å²) in [6.07, 6.45) is 3.49. The van der Waals surface area contributed by atoms with Crippen LogP contribution in [0.1, 0.15) is 60.8 Å². The average Bonchev–Trinajstić information content (AvgIpc) is 3.16. The monoisotopic (exact) mass is 421 g/mol. The van der Waals surface area contributed by atoms with E-state index < -0.39 is 35.9 Å². The number of imide groups is 1. The smallest absolute Gasteiger partial charge is 0.341 e. The minimum absolute atomic E-state index is 0.390. The second-order valence-corrected chi connectivity index (χ2v) is 8.81. The topological polar surface area (TPSA) is 105 Å². The van der Waals surface area contributed by atoms with E-state index in [4.69, 9.17) is 4.74 Å². The Morgan fingerprint density at radius 2 is 2.00 bits per heavy atom. The molecule has 0 unspecified atom stereocenters. The lowest BCUT2D eigenvalue weighted by Gasteiger charge is -2.22. The lowest BCUT2D eigenvalue weighted by molar-refractivity contribution is -0.134. The van der Waals surface area contributed by atoms with E-state index in [1.54, 1.807) is 0 Å². The molecule has 4 amide bonds. The van der Waals surface area contributed by atoms with Crippen LogP contribution >= 0.6 is 11.3 Å². The summed E-state index contributed by atoms with van der Waals surface area (Å²) in [6, 6.07) is -0.568. The third-order valence-corrected chi connectivity index (χ3v) is 7.08. The molecular weight excluding hydrogens is 394 g/mol. The number of methoxy groups -OCH3 is 1. The Hall–Kier alpha value is -2.42. The molecule has 2 N–H and O–H groups in total. The Balaban J connectivity index is 1.80. The number of urea groups is 1. The number of amides is 4. The van der Waals surface area contributed by atoms with Crippen molar-refractivity contribution in [3.05, 3.63) is 16.0 Å². The Morgan fingerprint density at radius 3 is 2.59 bits per heavy atom. The van der Waals surface area contributed by atoms with Crippen LogP contribution in [0, 0.1) is 5.92 Å². The molecule has 1 aromatic heterocycles. The van der Waals surface area contributed by atoms with Gasteiger partial charge in [-0.05, 0) is 43.6 Å². The molecule has 1 atom stereocenters. The molecule has 0 radical (unpaired) electrons. The summed E-state index contributed by atoms with van der Waals surface area (Å²) in [6.45, 7) is 5.41. The number of ether oxygens (including phenoxy) is 1. The molecule has 0 spiro atoms. The summed E-state index contributed by atoms with van der Waals surface area (Å²) in [7, 11) is 1.31. The quantitative estimate of drug-likeness (QED) is 0.543. The van der Waals surface area contributed by atoms with Crippen molar-refractivity contribution in [2.75, 3.05) is 19.0 Å². The van der Waals surface area contributed by atoms with Crippen LogP contribution in [0.3, 0.4) is 0 Å². The Morgan fingerprint density at radius 1 is 1.31 bits per heavy atom. The van der Waals surface area contributed by atoms with Crippen molar-refractivity contribution in [2.45, 2.75) is 58.4 Å². The Kier molecular flexibility index (Phi) is 5.97. The summed E-state index contributed by atoms with van der Waals surface area (Å²) >= 11 is 1.37. The van der Waals surface area contributed by atoms with Crippen LogP contribution in [-0.2, 0) is 27.2 Å². The molecule has 1 aliphatic carbocycles. The fraction of sp³-hybridized carbons (Fsp3) is 0.600. The van der Waals surface area contributed by atoms with Crippen LogP contribution in [0.25, 0.3) is 0 Å². The number of hydrogen-bond acceptors (Lipinski definition) is 6. The second-order valence-electron chi connectivity index (χ2n) is 7.71. The maximum atomic E-state index is 12.7. The highest BCUT2D eigenvalue weighted by Gasteiger charge is 2.49. The average molecular weight is 422 g/mol. The standard InChI is InChI=1S/C20H27N3O5S/c1-5-20(6-2)18(26)23(19(27)22-20)10-14(24)21-16-15(17(25)28-4)12-8-7-11(3)9-13(12)29-16/h11H,5-10H2,1-4H3,(H,21,24)(H,22,27)/t11-/m0/s1. The lowest BCUT2D eigenvalue weighted by atomic mass is 9.88. The van der Waals surface area contributed by atoms with Crippen molar-refractivity contribution in [1.29, 1.82) is 0 Å². The van der Waals surface area contributed by atoms with Crippen molar-refractivity contribution in [3.63, 3.8) is 0 Å². The second kappa shape index (κ2) is 8.14. The van der Waals surface area contributed by atoms with Gasteiger partial charge in [-0.1, -0.05) is 20.8 Å². The van der Waals surface area contributed by atoms with E-state index in [0.29, 0.717) is 29.3 Å². The number of anilines is 1. The summed E-state index contributed by atoms with van der Waals surface area (Å²) in [5, 5.41) is 5.86. The number of carbonyl (C=O) groups is 4. The van der Waals surface area contributed by atoms with Crippen LogP contribution in [0.4, 0.5) is 9.80 Å². The van der Waals surface area contributed by atoms with Gasteiger partial charge < -0.3 is 15.4 Å². The first-order valence-corrected chi connectivity index (χ1v) is 10.7. The van der Waals surface area contributed by atoms with Crippen LogP contribution in [0.15, 0.2) is 0 Å². The highest BCUT2D eigenvalue weighted by Crippen LogP contribution is 2.40. The molecule has 2 aliphatic rings. The maximum Gasteiger partial charge on any atom is 0.341 e. The molecular formula is C20H27N3O5S. The first-order valence-electron chi connectivity index (χ1n) is 9.93. The maximum absolute atomic E-state index is 12.7. The van der Waals surface area contributed by atoms with E-state index in [1.807, 2.05) is 13.8 Å². The molecule has 0 aromatic carbocycles. The van der Waals surface area contributed by atoms with Gasteiger partial charge in [-0.2, -0.15) is 0 Å². The molecule has 3 rings (SSSR count). The molecule has 8 nitrogen and oxygen atoms in total. The minimum atomic E-state index is -0.952. The van der Waals surface area contributed by atoms with Gasteiger partial charge in [-0.3, -0.25) is 14.5 Å². The van der Waals surface area contributed by atoms with Crippen molar-refractivity contribution in [1.82, 2.24) is 10.2 Å². The summed E-state index contributed by atoms with van der Waals surface area (Å²) in [4.78, 5) is 52.0. The fourth-order valence-corrected chi connectivity index (χ4v) is 5.43. The SMILES string of the molecule is CCC1(CC)NC(=O)N(CC(=O)Nc2sc3c(c2C(=O)OC)CC[C@H](C)C3)C1=O. The third kappa shape index (κ3) is 3.75. The first kappa shape index (κ1) is 21.3. The van der Waals surface area contributed by atoms with Crippen molar-refractivity contribution >= 4 is 40.2 Å². The number of carbonyl (C=O) groups excluding carboxylic acids is 4. The predicted octanol–water partition coefficient (Wildman–Crippen LogP) is 2.71. The molecule has 9 heteroatoms. The molecule has 1 fully saturated rings. The van der Waals surface area contributed by atoms with E-state index in [9.17, 15) is 19.2 Å². The van der Waals surface area contributed by atoms with Crippen LogP contribution < -0.4 is 10.6 Å². The largest absolute Gasteiger partial charge is 0.465 e. The van der Waals surface area contributed by atoms with Gasteiger partial charge in [0, 0.05) is 4.88 Å². The van der Waals surface area contributed by atoms with Crippen LogP contribution in [0.2, 0.25) is 0 Å². The molecule has 1 saturated heterocycles. The number of nitrogens with zero attached hydrogens (tertiary/aromatic N) is 1. The number of hydrogen-bond donors (Lipinski definition) is 2.